The van der Waals surface area contributed by atoms with Gasteiger partial charge in [0.15, 0.2) is 5.69 Å². The van der Waals surface area contributed by atoms with E-state index in [1.807, 2.05) is 0 Å². The molecule has 21 heavy (non-hydrogen) atoms. The van der Waals surface area contributed by atoms with E-state index < -0.39 is 5.82 Å². The maximum atomic E-state index is 13.8. The summed E-state index contributed by atoms with van der Waals surface area (Å²) in [5.74, 6) is -0.450. The standard InChI is InChI=1S/C14H15FN4O2/c15-10-3-1-2-4-12(10)19-13(16)9-11(17-19)14(20)18-5-7-21-8-6-18/h1-4,9H,5-8,16H2. The Morgan fingerprint density at radius 1 is 1.29 bits per heavy atom. The third-order valence-corrected chi connectivity index (χ3v) is 3.33. The van der Waals surface area contributed by atoms with Crippen LogP contribution in [0.15, 0.2) is 30.3 Å². The van der Waals surface area contributed by atoms with Gasteiger partial charge >= 0.3 is 0 Å². The number of para-hydroxylation sites is 1. The molecule has 2 aromatic rings. The van der Waals surface area contributed by atoms with Crippen LogP contribution in [0.2, 0.25) is 0 Å². The van der Waals surface area contributed by atoms with Crippen LogP contribution < -0.4 is 5.73 Å². The Bertz CT molecular complexity index is 665. The third kappa shape index (κ3) is 2.59. The molecule has 1 amide bonds. The summed E-state index contributed by atoms with van der Waals surface area (Å²) in [4.78, 5) is 14.0. The van der Waals surface area contributed by atoms with Crippen LogP contribution in [-0.4, -0.2) is 46.9 Å². The van der Waals surface area contributed by atoms with Crippen molar-refractivity contribution in [2.45, 2.75) is 0 Å². The second-order valence-corrected chi connectivity index (χ2v) is 4.72. The monoisotopic (exact) mass is 290 g/mol. The van der Waals surface area contributed by atoms with Gasteiger partial charge in [0.05, 0.1) is 13.2 Å². The molecule has 7 heteroatoms. The number of aromatic nitrogens is 2. The van der Waals surface area contributed by atoms with Gasteiger partial charge < -0.3 is 15.4 Å². The lowest BCUT2D eigenvalue weighted by atomic mass is 10.3. The summed E-state index contributed by atoms with van der Waals surface area (Å²) in [5.41, 5.74) is 6.27. The third-order valence-electron chi connectivity index (χ3n) is 3.33. The number of anilines is 1. The Morgan fingerprint density at radius 2 is 2.00 bits per heavy atom. The maximum absolute atomic E-state index is 13.8. The van der Waals surface area contributed by atoms with E-state index >= 15 is 0 Å². The fraction of sp³-hybridized carbons (Fsp3) is 0.286. The summed E-state index contributed by atoms with van der Waals surface area (Å²) in [6.45, 7) is 2.06. The fourth-order valence-corrected chi connectivity index (χ4v) is 2.24. The molecule has 1 aliphatic heterocycles. The number of hydrogen-bond donors (Lipinski definition) is 1. The van der Waals surface area contributed by atoms with Gasteiger partial charge in [-0.3, -0.25) is 4.79 Å². The molecule has 1 fully saturated rings. The van der Waals surface area contributed by atoms with Crippen molar-refractivity contribution in [2.75, 3.05) is 32.0 Å². The van der Waals surface area contributed by atoms with Crippen LogP contribution in [-0.2, 0) is 4.74 Å². The van der Waals surface area contributed by atoms with E-state index in [1.165, 1.54) is 16.8 Å². The zero-order valence-electron chi connectivity index (χ0n) is 11.3. The molecule has 1 aliphatic rings. The molecule has 1 aromatic carbocycles. The number of hydrogen-bond acceptors (Lipinski definition) is 4. The van der Waals surface area contributed by atoms with Crippen LogP contribution >= 0.6 is 0 Å². The van der Waals surface area contributed by atoms with Crippen molar-refractivity contribution >= 4 is 11.7 Å². The van der Waals surface area contributed by atoms with Crippen molar-refractivity contribution in [1.29, 1.82) is 0 Å². The van der Waals surface area contributed by atoms with E-state index in [1.54, 1.807) is 23.1 Å². The van der Waals surface area contributed by atoms with Crippen LogP contribution in [0.4, 0.5) is 10.2 Å². The number of carbonyl (C=O) groups is 1. The second kappa shape index (κ2) is 5.53. The van der Waals surface area contributed by atoms with Crippen molar-refractivity contribution in [3.8, 4) is 5.69 Å². The van der Waals surface area contributed by atoms with E-state index in [9.17, 15) is 9.18 Å². The molecule has 2 heterocycles. The lowest BCUT2D eigenvalue weighted by Crippen LogP contribution is -2.40. The van der Waals surface area contributed by atoms with Gasteiger partial charge in [-0.2, -0.15) is 5.10 Å². The molecule has 110 valence electrons. The molecule has 1 aromatic heterocycles. The number of carbonyl (C=O) groups excluding carboxylic acids is 1. The molecule has 0 unspecified atom stereocenters. The highest BCUT2D eigenvalue weighted by atomic mass is 19.1. The van der Waals surface area contributed by atoms with Crippen LogP contribution in [0.1, 0.15) is 10.5 Å². The number of amides is 1. The van der Waals surface area contributed by atoms with E-state index in [0.717, 1.165) is 0 Å². The molecular weight excluding hydrogens is 275 g/mol. The average molecular weight is 290 g/mol. The number of halogens is 1. The minimum Gasteiger partial charge on any atom is -0.384 e. The second-order valence-electron chi connectivity index (χ2n) is 4.72. The molecule has 0 saturated carbocycles. The summed E-state index contributed by atoms with van der Waals surface area (Å²) in [7, 11) is 0. The molecule has 0 aliphatic carbocycles. The predicted octanol–water partition coefficient (Wildman–Crippen LogP) is 1.07. The summed E-state index contributed by atoms with van der Waals surface area (Å²) in [6, 6.07) is 7.60. The molecule has 0 radical (unpaired) electrons. The number of benzene rings is 1. The Kier molecular flexibility index (Phi) is 3.57. The summed E-state index contributed by atoms with van der Waals surface area (Å²) in [6.07, 6.45) is 0. The van der Waals surface area contributed by atoms with Gasteiger partial charge in [-0.25, -0.2) is 9.07 Å². The highest BCUT2D eigenvalue weighted by molar-refractivity contribution is 5.93. The van der Waals surface area contributed by atoms with Crippen molar-refractivity contribution < 1.29 is 13.9 Å². The van der Waals surface area contributed by atoms with Gasteiger partial charge in [0.2, 0.25) is 0 Å². The van der Waals surface area contributed by atoms with Crippen LogP contribution in [0.5, 0.6) is 0 Å². The Balaban J connectivity index is 1.91. The van der Waals surface area contributed by atoms with Crippen LogP contribution in [0.3, 0.4) is 0 Å². The molecule has 0 spiro atoms. The molecule has 0 atom stereocenters. The quantitative estimate of drug-likeness (QED) is 0.897. The van der Waals surface area contributed by atoms with Crippen molar-refractivity contribution in [1.82, 2.24) is 14.7 Å². The molecule has 3 rings (SSSR count). The number of nitrogens with two attached hydrogens (primary N) is 1. The van der Waals surface area contributed by atoms with Gasteiger partial charge in [-0.1, -0.05) is 12.1 Å². The highest BCUT2D eigenvalue weighted by Gasteiger charge is 2.22. The largest absolute Gasteiger partial charge is 0.384 e. The number of morpholine rings is 1. The zero-order valence-corrected chi connectivity index (χ0v) is 11.3. The summed E-state index contributed by atoms with van der Waals surface area (Å²) >= 11 is 0. The van der Waals surface area contributed by atoms with Crippen molar-refractivity contribution in [3.63, 3.8) is 0 Å². The molecule has 1 saturated heterocycles. The van der Waals surface area contributed by atoms with E-state index in [0.29, 0.717) is 26.3 Å². The number of nitrogens with zero attached hydrogens (tertiary/aromatic N) is 3. The Morgan fingerprint density at radius 3 is 2.71 bits per heavy atom. The first-order valence-electron chi connectivity index (χ1n) is 6.64. The smallest absolute Gasteiger partial charge is 0.274 e. The van der Waals surface area contributed by atoms with Crippen molar-refractivity contribution in [3.05, 3.63) is 41.8 Å². The Labute approximate surface area is 120 Å². The lowest BCUT2D eigenvalue weighted by molar-refractivity contribution is 0.0298. The molecule has 6 nitrogen and oxygen atoms in total. The van der Waals surface area contributed by atoms with Gasteiger partial charge in [-0.15, -0.1) is 0 Å². The van der Waals surface area contributed by atoms with Gasteiger partial charge in [0.25, 0.3) is 5.91 Å². The lowest BCUT2D eigenvalue weighted by Gasteiger charge is -2.25. The van der Waals surface area contributed by atoms with Gasteiger partial charge in [0.1, 0.15) is 17.3 Å². The maximum Gasteiger partial charge on any atom is 0.274 e. The minimum atomic E-state index is -0.447. The topological polar surface area (TPSA) is 73.4 Å². The first-order chi connectivity index (χ1) is 10.2. The van der Waals surface area contributed by atoms with E-state index in [2.05, 4.69) is 5.10 Å². The van der Waals surface area contributed by atoms with Gasteiger partial charge in [-0.05, 0) is 12.1 Å². The molecule has 0 bridgehead atoms. The van der Waals surface area contributed by atoms with Gasteiger partial charge in [0, 0.05) is 19.2 Å². The van der Waals surface area contributed by atoms with E-state index in [4.69, 9.17) is 10.5 Å². The average Bonchev–Trinajstić information content (AvgIpc) is 2.90. The summed E-state index contributed by atoms with van der Waals surface area (Å²) in [5, 5.41) is 4.14. The fourth-order valence-electron chi connectivity index (χ4n) is 2.24. The van der Waals surface area contributed by atoms with Crippen molar-refractivity contribution in [2.24, 2.45) is 0 Å². The number of nitrogen functional groups attached to an aromatic ring is 1. The molecule has 2 N–H and O–H groups in total. The number of rotatable bonds is 2. The minimum absolute atomic E-state index is 0.206. The normalized spacial score (nSPS) is 15.2. The van der Waals surface area contributed by atoms with Crippen LogP contribution in [0, 0.1) is 5.82 Å². The Hall–Kier alpha value is -2.41. The van der Waals surface area contributed by atoms with E-state index in [-0.39, 0.29) is 23.1 Å². The molecular formula is C14H15FN4O2. The zero-order chi connectivity index (χ0) is 14.8. The number of ether oxygens (including phenoxy) is 1. The first-order valence-corrected chi connectivity index (χ1v) is 6.64. The predicted molar refractivity (Wildman–Crippen MR) is 74.7 cm³/mol. The SMILES string of the molecule is Nc1cc(C(=O)N2CCOCC2)nn1-c1ccccc1F. The van der Waals surface area contributed by atoms with Crippen LogP contribution in [0.25, 0.3) is 5.69 Å². The highest BCUT2D eigenvalue weighted by Crippen LogP contribution is 2.18. The first kappa shape index (κ1) is 13.6. The summed E-state index contributed by atoms with van der Waals surface area (Å²) < 4.78 is 20.2.